The number of hydrogen-bond donors (Lipinski definition) is 1. The highest BCUT2D eigenvalue weighted by Gasteiger charge is 2.18. The first-order valence-corrected chi connectivity index (χ1v) is 11.6. The molecule has 6 nitrogen and oxygen atoms in total. The third-order valence-electron chi connectivity index (χ3n) is 5.78. The van der Waals surface area contributed by atoms with Gasteiger partial charge in [0, 0.05) is 32.7 Å². The maximum absolute atomic E-state index is 12.8. The van der Waals surface area contributed by atoms with E-state index in [0.717, 1.165) is 63.7 Å². The van der Waals surface area contributed by atoms with Crippen molar-refractivity contribution in [2.24, 2.45) is 0 Å². The minimum absolute atomic E-state index is 0.185. The van der Waals surface area contributed by atoms with Crippen molar-refractivity contribution in [2.75, 3.05) is 56.2 Å². The molecule has 3 heterocycles. The third kappa shape index (κ3) is 5.59. The molecule has 2 aromatic rings. The molecule has 0 atom stereocenters. The lowest BCUT2D eigenvalue weighted by molar-refractivity contribution is 0.0384. The van der Waals surface area contributed by atoms with Crippen molar-refractivity contribution in [3.8, 4) is 0 Å². The van der Waals surface area contributed by atoms with Gasteiger partial charge in [-0.3, -0.25) is 9.69 Å². The molecule has 0 saturated carbocycles. The molecule has 160 valence electrons. The maximum atomic E-state index is 12.8. The summed E-state index contributed by atoms with van der Waals surface area (Å²) in [5.74, 6) is -0.185. The zero-order valence-electron chi connectivity index (χ0n) is 17.3. The maximum Gasteiger partial charge on any atom is 0.274 e. The zero-order chi connectivity index (χ0) is 20.8. The number of rotatable bonds is 6. The Bertz CT molecular complexity index is 864. The number of ether oxygens (including phenoxy) is 1. The Labute approximate surface area is 186 Å². The van der Waals surface area contributed by atoms with Crippen molar-refractivity contribution in [2.45, 2.75) is 25.7 Å². The second kappa shape index (κ2) is 10.4. The summed E-state index contributed by atoms with van der Waals surface area (Å²) in [5, 5.41) is 3.09. The first kappa shape index (κ1) is 21.3. The van der Waals surface area contributed by atoms with Crippen LogP contribution < -0.4 is 10.2 Å². The fourth-order valence-electron chi connectivity index (χ4n) is 4.07. The normalized spacial score (nSPS) is 17.7. The highest BCUT2D eigenvalue weighted by Crippen LogP contribution is 2.30. The van der Waals surface area contributed by atoms with E-state index in [-0.39, 0.29) is 5.91 Å². The predicted octanol–water partition coefficient (Wildman–Crippen LogP) is 3.96. The number of morpholine rings is 1. The van der Waals surface area contributed by atoms with E-state index in [2.05, 4.69) is 54.2 Å². The molecule has 0 spiro atoms. The van der Waals surface area contributed by atoms with Gasteiger partial charge < -0.3 is 15.0 Å². The van der Waals surface area contributed by atoms with E-state index in [4.69, 9.17) is 4.74 Å². The van der Waals surface area contributed by atoms with Gasteiger partial charge in [0.05, 0.1) is 24.6 Å². The van der Waals surface area contributed by atoms with E-state index >= 15 is 0 Å². The quantitative estimate of drug-likeness (QED) is 0.644. The van der Waals surface area contributed by atoms with E-state index in [1.54, 1.807) is 6.07 Å². The number of nitrogens with one attached hydrogen (secondary N) is 1. The van der Waals surface area contributed by atoms with Crippen LogP contribution in [0.2, 0.25) is 0 Å². The van der Waals surface area contributed by atoms with Crippen LogP contribution in [0.3, 0.4) is 0 Å². The monoisotopic (exact) mass is 472 g/mol. The first-order valence-electron chi connectivity index (χ1n) is 10.8. The molecule has 1 amide bonds. The summed E-state index contributed by atoms with van der Waals surface area (Å²) in [6.45, 7) is 6.77. The Morgan fingerprint density at radius 3 is 2.63 bits per heavy atom. The average molecular weight is 473 g/mol. The summed E-state index contributed by atoms with van der Waals surface area (Å²) in [5.41, 5.74) is 3.70. The van der Waals surface area contributed by atoms with Crippen LogP contribution in [0.5, 0.6) is 0 Å². The van der Waals surface area contributed by atoms with E-state index in [1.807, 2.05) is 12.1 Å². The van der Waals surface area contributed by atoms with E-state index < -0.39 is 0 Å². The molecule has 0 aliphatic carbocycles. The van der Waals surface area contributed by atoms with E-state index in [1.165, 1.54) is 24.8 Å². The SMILES string of the molecule is O=C(Nc1ccc(CCN2CCOCC2)cc1N1CCCCC1)c1cccc(Br)n1. The second-order valence-electron chi connectivity index (χ2n) is 7.90. The van der Waals surface area contributed by atoms with Crippen LogP contribution in [0, 0.1) is 0 Å². The van der Waals surface area contributed by atoms with Crippen molar-refractivity contribution in [1.29, 1.82) is 0 Å². The molecule has 0 unspecified atom stereocenters. The molecule has 2 aliphatic heterocycles. The summed E-state index contributed by atoms with van der Waals surface area (Å²) in [6.07, 6.45) is 4.66. The van der Waals surface area contributed by atoms with Crippen molar-refractivity contribution < 1.29 is 9.53 Å². The Morgan fingerprint density at radius 2 is 1.87 bits per heavy atom. The molecular weight excluding hydrogens is 444 g/mol. The minimum atomic E-state index is -0.185. The van der Waals surface area contributed by atoms with Gasteiger partial charge in [0.2, 0.25) is 0 Å². The van der Waals surface area contributed by atoms with Gasteiger partial charge in [-0.15, -0.1) is 0 Å². The standard InChI is InChI=1S/C23H29BrN4O2/c24-22-6-4-5-20(25-22)23(29)26-19-8-7-18(9-12-27-13-15-30-16-14-27)17-21(19)28-10-2-1-3-11-28/h4-8,17H,1-3,9-16H2,(H,26,29). The number of nitrogens with zero attached hydrogens (tertiary/aromatic N) is 3. The number of aromatic nitrogens is 1. The number of piperidine rings is 1. The van der Waals surface area contributed by atoms with Gasteiger partial charge >= 0.3 is 0 Å². The molecule has 2 fully saturated rings. The number of halogens is 1. The molecule has 30 heavy (non-hydrogen) atoms. The summed E-state index contributed by atoms with van der Waals surface area (Å²) in [4.78, 5) is 21.9. The van der Waals surface area contributed by atoms with Crippen LogP contribution in [-0.4, -0.2) is 61.7 Å². The molecule has 0 bridgehead atoms. The fraction of sp³-hybridized carbons (Fsp3) is 0.478. The van der Waals surface area contributed by atoms with Crippen molar-refractivity contribution in [1.82, 2.24) is 9.88 Å². The molecule has 7 heteroatoms. The number of carbonyl (C=O) groups excluding carboxylic acids is 1. The zero-order valence-corrected chi connectivity index (χ0v) is 18.9. The van der Waals surface area contributed by atoms with E-state index in [9.17, 15) is 4.79 Å². The minimum Gasteiger partial charge on any atom is -0.379 e. The van der Waals surface area contributed by atoms with Gasteiger partial charge in [-0.2, -0.15) is 0 Å². The topological polar surface area (TPSA) is 57.7 Å². The fourth-order valence-corrected chi connectivity index (χ4v) is 4.41. The number of hydrogen-bond acceptors (Lipinski definition) is 5. The van der Waals surface area contributed by atoms with Crippen LogP contribution in [0.4, 0.5) is 11.4 Å². The number of benzene rings is 1. The number of amides is 1. The lowest BCUT2D eigenvalue weighted by Crippen LogP contribution is -2.37. The van der Waals surface area contributed by atoms with Gasteiger partial charge in [0.1, 0.15) is 10.3 Å². The van der Waals surface area contributed by atoms with Crippen molar-refractivity contribution in [3.63, 3.8) is 0 Å². The lowest BCUT2D eigenvalue weighted by Gasteiger charge is -2.31. The number of pyridine rings is 1. The number of anilines is 2. The second-order valence-corrected chi connectivity index (χ2v) is 8.72. The molecule has 4 rings (SSSR count). The highest BCUT2D eigenvalue weighted by molar-refractivity contribution is 9.10. The molecular formula is C23H29BrN4O2. The third-order valence-corrected chi connectivity index (χ3v) is 6.22. The summed E-state index contributed by atoms with van der Waals surface area (Å²) in [6, 6.07) is 11.8. The molecule has 1 N–H and O–H groups in total. The Morgan fingerprint density at radius 1 is 1.07 bits per heavy atom. The van der Waals surface area contributed by atoms with Crippen molar-refractivity contribution >= 4 is 33.2 Å². The van der Waals surface area contributed by atoms with Crippen LogP contribution in [-0.2, 0) is 11.2 Å². The lowest BCUT2D eigenvalue weighted by atomic mass is 10.1. The Balaban J connectivity index is 1.51. The van der Waals surface area contributed by atoms with Gasteiger partial charge in [-0.25, -0.2) is 4.98 Å². The predicted molar refractivity (Wildman–Crippen MR) is 123 cm³/mol. The van der Waals surface area contributed by atoms with Crippen LogP contribution in [0.25, 0.3) is 0 Å². The molecule has 0 radical (unpaired) electrons. The largest absolute Gasteiger partial charge is 0.379 e. The van der Waals surface area contributed by atoms with Gasteiger partial charge in [0.25, 0.3) is 5.91 Å². The van der Waals surface area contributed by atoms with E-state index in [0.29, 0.717) is 10.3 Å². The van der Waals surface area contributed by atoms with Gasteiger partial charge in [-0.1, -0.05) is 12.1 Å². The molecule has 2 saturated heterocycles. The smallest absolute Gasteiger partial charge is 0.274 e. The van der Waals surface area contributed by atoms with Crippen LogP contribution in [0.1, 0.15) is 35.3 Å². The van der Waals surface area contributed by atoms with Crippen LogP contribution >= 0.6 is 15.9 Å². The van der Waals surface area contributed by atoms with Crippen molar-refractivity contribution in [3.05, 3.63) is 52.3 Å². The van der Waals surface area contributed by atoms with Crippen LogP contribution in [0.15, 0.2) is 41.0 Å². The molecule has 1 aromatic heterocycles. The summed E-state index contributed by atoms with van der Waals surface area (Å²) >= 11 is 3.34. The first-order chi connectivity index (χ1) is 14.7. The number of carbonyl (C=O) groups is 1. The molecule has 1 aromatic carbocycles. The van der Waals surface area contributed by atoms with Gasteiger partial charge in [-0.05, 0) is 71.4 Å². The summed E-state index contributed by atoms with van der Waals surface area (Å²) < 4.78 is 6.11. The Kier molecular flexibility index (Phi) is 7.36. The Hall–Kier alpha value is -1.96. The summed E-state index contributed by atoms with van der Waals surface area (Å²) in [7, 11) is 0. The average Bonchev–Trinajstić information content (AvgIpc) is 2.79. The highest BCUT2D eigenvalue weighted by atomic mass is 79.9. The molecule has 2 aliphatic rings. The van der Waals surface area contributed by atoms with Gasteiger partial charge in [0.15, 0.2) is 0 Å².